The first-order valence-corrected chi connectivity index (χ1v) is 6.35. The number of hydrogen-bond donors (Lipinski definition) is 1. The summed E-state index contributed by atoms with van der Waals surface area (Å²) in [5.41, 5.74) is 7.69. The van der Waals surface area contributed by atoms with Crippen LogP contribution in [0.1, 0.15) is 22.7 Å². The molecule has 20 heavy (non-hydrogen) atoms. The predicted molar refractivity (Wildman–Crippen MR) is 74.7 cm³/mol. The van der Waals surface area contributed by atoms with Gasteiger partial charge in [0.05, 0.1) is 7.11 Å². The predicted octanol–water partition coefficient (Wildman–Crippen LogP) is 3.52. The lowest BCUT2D eigenvalue weighted by Gasteiger charge is -2.15. The Morgan fingerprint density at radius 3 is 2.60 bits per heavy atom. The maximum atomic E-state index is 13.8. The number of hydrogen-bond acceptors (Lipinski definition) is 2. The molecule has 2 rings (SSSR count). The molecule has 0 radical (unpaired) electrons. The number of halogens is 2. The highest BCUT2D eigenvalue weighted by Gasteiger charge is 2.15. The monoisotopic (exact) mass is 277 g/mol. The Morgan fingerprint density at radius 2 is 1.90 bits per heavy atom. The van der Waals surface area contributed by atoms with Gasteiger partial charge in [0, 0.05) is 17.7 Å². The van der Waals surface area contributed by atoms with Crippen LogP contribution in [-0.4, -0.2) is 7.11 Å². The van der Waals surface area contributed by atoms with Crippen LogP contribution in [0.3, 0.4) is 0 Å². The molecule has 2 nitrogen and oxygen atoms in total. The van der Waals surface area contributed by atoms with Gasteiger partial charge in [-0.15, -0.1) is 0 Å². The van der Waals surface area contributed by atoms with E-state index in [-0.39, 0.29) is 0 Å². The van der Waals surface area contributed by atoms with Crippen LogP contribution in [0.2, 0.25) is 0 Å². The molecule has 0 aromatic heterocycles. The summed E-state index contributed by atoms with van der Waals surface area (Å²) in [6, 6.07) is 9.27. The Kier molecular flexibility index (Phi) is 4.35. The molecule has 0 amide bonds. The molecule has 0 aliphatic heterocycles. The fourth-order valence-electron chi connectivity index (χ4n) is 2.13. The van der Waals surface area contributed by atoms with Crippen molar-refractivity contribution in [1.82, 2.24) is 0 Å². The third-order valence-electron chi connectivity index (χ3n) is 3.27. The Labute approximate surface area is 117 Å². The molecule has 0 bridgehead atoms. The van der Waals surface area contributed by atoms with Crippen molar-refractivity contribution in [1.29, 1.82) is 0 Å². The summed E-state index contributed by atoms with van der Waals surface area (Å²) >= 11 is 0. The number of ether oxygens (including phenoxy) is 1. The van der Waals surface area contributed by atoms with E-state index in [0.29, 0.717) is 17.5 Å². The normalized spacial score (nSPS) is 12.2. The molecule has 0 aliphatic carbocycles. The molecule has 0 aliphatic rings. The van der Waals surface area contributed by atoms with Crippen LogP contribution in [0.15, 0.2) is 36.4 Å². The molecule has 2 aromatic carbocycles. The average Bonchev–Trinajstić information content (AvgIpc) is 2.43. The average molecular weight is 277 g/mol. The van der Waals surface area contributed by atoms with E-state index < -0.39 is 17.7 Å². The summed E-state index contributed by atoms with van der Waals surface area (Å²) in [6.45, 7) is 1.59. The van der Waals surface area contributed by atoms with Crippen LogP contribution in [0.25, 0.3) is 0 Å². The molecule has 1 unspecified atom stereocenters. The van der Waals surface area contributed by atoms with Crippen LogP contribution < -0.4 is 10.5 Å². The Morgan fingerprint density at radius 1 is 1.15 bits per heavy atom. The van der Waals surface area contributed by atoms with E-state index in [1.54, 1.807) is 14.0 Å². The SMILES string of the molecule is COc1cccc(CC(N)c2cc(C)c(F)cc2F)c1. The van der Waals surface area contributed by atoms with Gasteiger partial charge in [0.1, 0.15) is 17.4 Å². The Bertz CT molecular complexity index is 613. The van der Waals surface area contributed by atoms with Crippen LogP contribution in [0.5, 0.6) is 5.75 Å². The number of methoxy groups -OCH3 is 1. The molecule has 2 aromatic rings. The van der Waals surface area contributed by atoms with Gasteiger partial charge in [0.25, 0.3) is 0 Å². The lowest BCUT2D eigenvalue weighted by Crippen LogP contribution is -2.15. The third kappa shape index (κ3) is 3.14. The second kappa shape index (κ2) is 6.01. The fourth-order valence-corrected chi connectivity index (χ4v) is 2.13. The molecule has 1 atom stereocenters. The van der Waals surface area contributed by atoms with Gasteiger partial charge < -0.3 is 10.5 Å². The summed E-state index contributed by atoms with van der Waals surface area (Å²) in [5, 5.41) is 0. The molecule has 0 spiro atoms. The summed E-state index contributed by atoms with van der Waals surface area (Å²) in [7, 11) is 1.59. The van der Waals surface area contributed by atoms with Crippen molar-refractivity contribution in [3.05, 3.63) is 64.7 Å². The van der Waals surface area contributed by atoms with Crippen molar-refractivity contribution in [2.75, 3.05) is 7.11 Å². The van der Waals surface area contributed by atoms with Crippen molar-refractivity contribution in [3.8, 4) is 5.75 Å². The zero-order valence-corrected chi connectivity index (χ0v) is 11.5. The van der Waals surface area contributed by atoms with Gasteiger partial charge in [0.2, 0.25) is 0 Å². The summed E-state index contributed by atoms with van der Waals surface area (Å²) < 4.78 is 32.2. The largest absolute Gasteiger partial charge is 0.497 e. The van der Waals surface area contributed by atoms with Crippen LogP contribution in [0.4, 0.5) is 8.78 Å². The molecular weight excluding hydrogens is 260 g/mol. The van der Waals surface area contributed by atoms with Gasteiger partial charge in [0.15, 0.2) is 0 Å². The minimum Gasteiger partial charge on any atom is -0.497 e. The highest BCUT2D eigenvalue weighted by Crippen LogP contribution is 2.23. The second-order valence-electron chi connectivity index (χ2n) is 4.79. The molecule has 0 saturated carbocycles. The molecule has 106 valence electrons. The van der Waals surface area contributed by atoms with Gasteiger partial charge in [-0.1, -0.05) is 12.1 Å². The van der Waals surface area contributed by atoms with E-state index in [2.05, 4.69) is 0 Å². The molecular formula is C16H17F2NO. The number of aryl methyl sites for hydroxylation is 1. The first-order chi connectivity index (χ1) is 9.51. The highest BCUT2D eigenvalue weighted by atomic mass is 19.1. The lowest BCUT2D eigenvalue weighted by atomic mass is 9.97. The third-order valence-corrected chi connectivity index (χ3v) is 3.27. The van der Waals surface area contributed by atoms with E-state index in [4.69, 9.17) is 10.5 Å². The first kappa shape index (κ1) is 14.5. The van der Waals surface area contributed by atoms with E-state index >= 15 is 0 Å². The van der Waals surface area contributed by atoms with Crippen LogP contribution in [0, 0.1) is 18.6 Å². The van der Waals surface area contributed by atoms with E-state index in [1.807, 2.05) is 24.3 Å². The quantitative estimate of drug-likeness (QED) is 0.928. The summed E-state index contributed by atoms with van der Waals surface area (Å²) in [4.78, 5) is 0. The zero-order valence-electron chi connectivity index (χ0n) is 11.5. The smallest absolute Gasteiger partial charge is 0.130 e. The zero-order chi connectivity index (χ0) is 14.7. The van der Waals surface area contributed by atoms with E-state index in [1.165, 1.54) is 6.07 Å². The molecule has 4 heteroatoms. The van der Waals surface area contributed by atoms with Gasteiger partial charge >= 0.3 is 0 Å². The van der Waals surface area contributed by atoms with E-state index in [0.717, 1.165) is 17.4 Å². The minimum absolute atomic E-state index is 0.326. The number of nitrogens with two attached hydrogens (primary N) is 1. The van der Waals surface area contributed by atoms with Crippen molar-refractivity contribution in [2.24, 2.45) is 5.73 Å². The summed E-state index contributed by atoms with van der Waals surface area (Å²) in [5.74, 6) is -0.436. The van der Waals surface area contributed by atoms with Gasteiger partial charge in [-0.3, -0.25) is 0 Å². The maximum Gasteiger partial charge on any atom is 0.130 e. The highest BCUT2D eigenvalue weighted by molar-refractivity contribution is 5.32. The standard InChI is InChI=1S/C16H17F2NO/c1-10-6-13(15(18)9-14(10)17)16(19)8-11-4-3-5-12(7-11)20-2/h3-7,9,16H,8,19H2,1-2H3. The molecule has 0 heterocycles. The fraction of sp³-hybridized carbons (Fsp3) is 0.250. The number of rotatable bonds is 4. The molecule has 2 N–H and O–H groups in total. The number of benzene rings is 2. The Hall–Kier alpha value is -1.94. The maximum absolute atomic E-state index is 13.8. The molecule has 0 saturated heterocycles. The van der Waals surface area contributed by atoms with Crippen molar-refractivity contribution < 1.29 is 13.5 Å². The van der Waals surface area contributed by atoms with Gasteiger partial charge in [-0.2, -0.15) is 0 Å². The summed E-state index contributed by atoms with van der Waals surface area (Å²) in [6.07, 6.45) is 0.458. The van der Waals surface area contributed by atoms with Crippen molar-refractivity contribution in [3.63, 3.8) is 0 Å². The van der Waals surface area contributed by atoms with Gasteiger partial charge in [-0.05, 0) is 42.7 Å². The van der Waals surface area contributed by atoms with Gasteiger partial charge in [-0.25, -0.2) is 8.78 Å². The van der Waals surface area contributed by atoms with Crippen LogP contribution in [-0.2, 0) is 6.42 Å². The van der Waals surface area contributed by atoms with Crippen molar-refractivity contribution >= 4 is 0 Å². The lowest BCUT2D eigenvalue weighted by molar-refractivity contribution is 0.414. The minimum atomic E-state index is -0.608. The topological polar surface area (TPSA) is 35.2 Å². The van der Waals surface area contributed by atoms with Crippen LogP contribution >= 0.6 is 0 Å². The van der Waals surface area contributed by atoms with E-state index in [9.17, 15) is 8.78 Å². The second-order valence-corrected chi connectivity index (χ2v) is 4.79. The first-order valence-electron chi connectivity index (χ1n) is 6.35. The Balaban J connectivity index is 2.23. The van der Waals surface area contributed by atoms with Crippen molar-refractivity contribution in [2.45, 2.75) is 19.4 Å². The molecule has 0 fully saturated rings.